The zero-order valence-corrected chi connectivity index (χ0v) is 16.2. The summed E-state index contributed by atoms with van der Waals surface area (Å²) in [5, 5.41) is 8.09. The van der Waals surface area contributed by atoms with Gasteiger partial charge in [-0.1, -0.05) is 12.6 Å². The van der Waals surface area contributed by atoms with E-state index < -0.39 is 24.9 Å². The average molecular weight is 428 g/mol. The molecule has 31 heavy (non-hydrogen) atoms. The van der Waals surface area contributed by atoms with Gasteiger partial charge in [-0.3, -0.25) is 4.79 Å². The Labute approximate surface area is 186 Å². The average Bonchev–Trinajstić information content (AvgIpc) is 2.80. The van der Waals surface area contributed by atoms with E-state index in [0.29, 0.717) is 17.1 Å². The molecule has 1 aromatic heterocycles. The van der Waals surface area contributed by atoms with E-state index in [1.165, 1.54) is 18.2 Å². The van der Waals surface area contributed by atoms with Crippen molar-refractivity contribution in [2.45, 2.75) is 0 Å². The van der Waals surface area contributed by atoms with Crippen LogP contribution in [0.25, 0.3) is 0 Å². The van der Waals surface area contributed by atoms with Crippen molar-refractivity contribution >= 4 is 34.7 Å². The number of rotatable bonds is 10. The minimum Gasteiger partial charge on any atom is -0.491 e. The first kappa shape index (κ1) is 15.8. The van der Waals surface area contributed by atoms with Gasteiger partial charge in [0.15, 0.2) is 11.6 Å². The summed E-state index contributed by atoms with van der Waals surface area (Å²) in [6.07, 6.45) is 0.414. The zero-order valence-electron chi connectivity index (χ0n) is 21.2. The highest BCUT2D eigenvalue weighted by molar-refractivity contribution is 5.99. The van der Waals surface area contributed by atoms with Crippen molar-refractivity contribution in [3.8, 4) is 5.75 Å². The Morgan fingerprint density at radius 3 is 2.77 bits per heavy atom. The minimum absolute atomic E-state index is 0.0436. The third-order valence-corrected chi connectivity index (χ3v) is 3.75. The van der Waals surface area contributed by atoms with E-state index in [0.717, 1.165) is 6.08 Å². The van der Waals surface area contributed by atoms with Crippen molar-refractivity contribution in [3.05, 3.63) is 73.2 Å². The van der Waals surface area contributed by atoms with Crippen LogP contribution in [0.3, 0.4) is 0 Å². The molecule has 2 aromatic carbocycles. The van der Waals surface area contributed by atoms with Crippen LogP contribution in [0.4, 0.5) is 33.2 Å². The lowest BCUT2D eigenvalue weighted by Gasteiger charge is -2.11. The molecule has 3 aromatic rings. The van der Waals surface area contributed by atoms with Gasteiger partial charge in [0.05, 0.1) is 19.6 Å². The maximum Gasteiger partial charge on any atom is 0.247 e. The van der Waals surface area contributed by atoms with Crippen LogP contribution in [0.15, 0.2) is 67.3 Å². The third kappa shape index (κ3) is 6.51. The lowest BCUT2D eigenvalue weighted by molar-refractivity contribution is -0.111. The summed E-state index contributed by atoms with van der Waals surface area (Å²) in [4.78, 5) is 19.4. The van der Waals surface area contributed by atoms with Gasteiger partial charge in [-0.2, -0.15) is 4.98 Å². The molecule has 0 bridgehead atoms. The molecule has 0 fully saturated rings. The standard InChI is InChI=1S/C22H22FN5O3/c1-3-20(29)25-16-5-4-6-17(13-16)26-21-19(23)14-24-22(28-21)27-15-7-9-18(10-8-15)31-12-11-30-2/h3-10,13-14H,1,11-12H2,2H3,(H,25,29)(H2,24,26,27,28)/i2D3,4D,14D. The van der Waals surface area contributed by atoms with Gasteiger partial charge in [-0.15, -0.1) is 0 Å². The number of aromatic nitrogens is 2. The maximum atomic E-state index is 14.6. The molecular weight excluding hydrogens is 401 g/mol. The van der Waals surface area contributed by atoms with Gasteiger partial charge in [0.1, 0.15) is 12.4 Å². The highest BCUT2D eigenvalue weighted by Crippen LogP contribution is 2.23. The summed E-state index contributed by atoms with van der Waals surface area (Å²) < 4.78 is 61.2. The van der Waals surface area contributed by atoms with Gasteiger partial charge in [-0.05, 0) is 48.5 Å². The van der Waals surface area contributed by atoms with Crippen LogP contribution < -0.4 is 20.7 Å². The van der Waals surface area contributed by atoms with Crippen molar-refractivity contribution in [2.24, 2.45) is 0 Å². The van der Waals surface area contributed by atoms with E-state index in [9.17, 15) is 9.18 Å². The molecule has 0 atom stereocenters. The molecule has 0 unspecified atom stereocenters. The summed E-state index contributed by atoms with van der Waals surface area (Å²) in [6, 6.07) is 10.8. The van der Waals surface area contributed by atoms with E-state index in [-0.39, 0.29) is 36.7 Å². The molecule has 0 saturated carbocycles. The van der Waals surface area contributed by atoms with Gasteiger partial charge in [0.2, 0.25) is 11.9 Å². The normalized spacial score (nSPS) is 13.0. The van der Waals surface area contributed by atoms with E-state index >= 15 is 0 Å². The Kier molecular flexibility index (Phi) is 5.45. The number of halogens is 1. The van der Waals surface area contributed by atoms with Crippen LogP contribution >= 0.6 is 0 Å². The number of hydrogen-bond donors (Lipinski definition) is 3. The number of anilines is 5. The summed E-state index contributed by atoms with van der Waals surface area (Å²) in [6.45, 7) is 3.30. The summed E-state index contributed by atoms with van der Waals surface area (Å²) in [5.74, 6) is -1.38. The fourth-order valence-corrected chi connectivity index (χ4v) is 2.38. The first-order valence-electron chi connectivity index (χ1n) is 11.5. The van der Waals surface area contributed by atoms with Crippen molar-refractivity contribution in [1.29, 1.82) is 0 Å². The van der Waals surface area contributed by atoms with Gasteiger partial charge < -0.3 is 25.4 Å². The predicted molar refractivity (Wildman–Crippen MR) is 118 cm³/mol. The van der Waals surface area contributed by atoms with Crippen LogP contribution in [0.5, 0.6) is 5.75 Å². The lowest BCUT2D eigenvalue weighted by atomic mass is 10.2. The van der Waals surface area contributed by atoms with Crippen molar-refractivity contribution in [1.82, 2.24) is 9.97 Å². The molecule has 0 radical (unpaired) electrons. The molecular formula is C22H22FN5O3. The van der Waals surface area contributed by atoms with E-state index in [2.05, 4.69) is 37.2 Å². The Hall–Kier alpha value is -3.98. The fraction of sp³-hybridized carbons (Fsp3) is 0.136. The smallest absolute Gasteiger partial charge is 0.247 e. The number of nitrogens with one attached hydrogen (secondary N) is 3. The molecule has 0 aliphatic carbocycles. The topological polar surface area (TPSA) is 97.4 Å². The summed E-state index contributed by atoms with van der Waals surface area (Å²) in [7, 11) is -2.48. The monoisotopic (exact) mass is 428 g/mol. The number of benzene rings is 2. The van der Waals surface area contributed by atoms with Gasteiger partial charge in [0, 0.05) is 24.1 Å². The molecule has 1 amide bonds. The van der Waals surface area contributed by atoms with Crippen molar-refractivity contribution in [2.75, 3.05) is 36.2 Å². The Bertz CT molecular complexity index is 1240. The minimum atomic E-state index is -2.48. The van der Waals surface area contributed by atoms with Crippen LogP contribution in [0.2, 0.25) is 0 Å². The quantitative estimate of drug-likeness (QED) is 0.328. The Morgan fingerprint density at radius 1 is 1.19 bits per heavy atom. The predicted octanol–water partition coefficient (Wildman–Crippen LogP) is 4.25. The molecule has 0 aliphatic heterocycles. The largest absolute Gasteiger partial charge is 0.491 e. The number of amides is 1. The molecule has 0 saturated heterocycles. The number of methoxy groups -OCH3 is 1. The van der Waals surface area contributed by atoms with E-state index in [1.54, 1.807) is 24.3 Å². The fourth-order valence-electron chi connectivity index (χ4n) is 2.38. The SMILES string of the molecule is [2H]c1cc(NC(=O)C=C)cc(Nc2nc(Nc3ccc(OCCOC([2H])([2H])[2H])cc3)nc([2H])c2F)c1. The number of hydrogen-bond acceptors (Lipinski definition) is 7. The molecule has 1 heterocycles. The van der Waals surface area contributed by atoms with Crippen LogP contribution in [-0.2, 0) is 9.53 Å². The first-order chi connectivity index (χ1) is 17.0. The number of nitrogens with zero attached hydrogens (tertiary/aromatic N) is 2. The van der Waals surface area contributed by atoms with Gasteiger partial charge >= 0.3 is 0 Å². The van der Waals surface area contributed by atoms with Crippen LogP contribution in [0.1, 0.15) is 6.85 Å². The molecule has 160 valence electrons. The second-order valence-electron chi connectivity index (χ2n) is 6.00. The van der Waals surface area contributed by atoms with Crippen molar-refractivity contribution < 1.29 is 25.5 Å². The highest BCUT2D eigenvalue weighted by atomic mass is 19.1. The van der Waals surface area contributed by atoms with Crippen LogP contribution in [-0.4, -0.2) is 36.1 Å². The molecule has 0 spiro atoms. The van der Waals surface area contributed by atoms with Crippen LogP contribution in [0, 0.1) is 5.82 Å². The van der Waals surface area contributed by atoms with Gasteiger partial charge in [-0.25, -0.2) is 9.37 Å². The maximum absolute atomic E-state index is 14.6. The summed E-state index contributed by atoms with van der Waals surface area (Å²) >= 11 is 0. The van der Waals surface area contributed by atoms with Crippen molar-refractivity contribution in [3.63, 3.8) is 0 Å². The van der Waals surface area contributed by atoms with E-state index in [4.69, 9.17) is 11.6 Å². The lowest BCUT2D eigenvalue weighted by Crippen LogP contribution is -2.07. The second-order valence-corrected chi connectivity index (χ2v) is 6.00. The zero-order chi connectivity index (χ0) is 26.3. The molecule has 3 N–H and O–H groups in total. The molecule has 9 heteroatoms. The first-order valence-corrected chi connectivity index (χ1v) is 9.02. The third-order valence-electron chi connectivity index (χ3n) is 3.75. The van der Waals surface area contributed by atoms with Gasteiger partial charge in [0.25, 0.3) is 0 Å². The second kappa shape index (κ2) is 10.7. The highest BCUT2D eigenvalue weighted by Gasteiger charge is 2.09. The van der Waals surface area contributed by atoms with E-state index in [1.807, 2.05) is 0 Å². The Morgan fingerprint density at radius 2 is 2.00 bits per heavy atom. The number of carbonyl (C=O) groups is 1. The molecule has 8 nitrogen and oxygen atoms in total. The number of carbonyl (C=O) groups excluding carboxylic acids is 1. The summed E-state index contributed by atoms with van der Waals surface area (Å²) in [5.41, 5.74) is 1.07. The molecule has 3 rings (SSSR count). The number of ether oxygens (including phenoxy) is 2. The molecule has 0 aliphatic rings. The Balaban J connectivity index is 1.70.